The zero-order chi connectivity index (χ0) is 20.7. The second-order valence-corrected chi connectivity index (χ2v) is 6.58. The molecule has 1 atom stereocenters. The van der Waals surface area contributed by atoms with E-state index in [-0.39, 0.29) is 31.3 Å². The minimum atomic E-state index is -4.91. The molecule has 0 heterocycles. The molecule has 150 valence electrons. The molecule has 2 aromatic carbocycles. The molecule has 0 aliphatic heterocycles. The standard InChI is InChI=1S/C21H23F3N2O2/c1-3-26(20(28)21(22,23)24)14-16-8-7-11-18(13-16)25-19(27)12-15(2)17-9-5-4-6-10-17/h4-11,13,15H,3,12,14H2,1-2H3,(H,25,27)/t15-/m0/s1. The molecular weight excluding hydrogens is 369 g/mol. The van der Waals surface area contributed by atoms with Crippen LogP contribution in [0.5, 0.6) is 0 Å². The first-order valence-corrected chi connectivity index (χ1v) is 9.00. The molecule has 0 saturated carbocycles. The van der Waals surface area contributed by atoms with E-state index in [0.717, 1.165) is 10.5 Å². The Balaban J connectivity index is 2.00. The van der Waals surface area contributed by atoms with Gasteiger partial charge in [0, 0.05) is 25.2 Å². The normalized spacial score (nSPS) is 12.3. The van der Waals surface area contributed by atoms with Gasteiger partial charge in [0.05, 0.1) is 0 Å². The first-order valence-electron chi connectivity index (χ1n) is 9.00. The van der Waals surface area contributed by atoms with Gasteiger partial charge in [0.15, 0.2) is 0 Å². The van der Waals surface area contributed by atoms with Gasteiger partial charge in [-0.25, -0.2) is 0 Å². The van der Waals surface area contributed by atoms with Gasteiger partial charge in [-0.1, -0.05) is 49.4 Å². The van der Waals surface area contributed by atoms with Crippen molar-refractivity contribution in [1.82, 2.24) is 4.90 Å². The Kier molecular flexibility index (Phi) is 7.20. The third-order valence-electron chi connectivity index (χ3n) is 4.36. The van der Waals surface area contributed by atoms with Crippen LogP contribution in [0.25, 0.3) is 0 Å². The molecule has 7 heteroatoms. The lowest BCUT2D eigenvalue weighted by molar-refractivity contribution is -0.185. The first kappa shape index (κ1) is 21.5. The maximum absolute atomic E-state index is 12.7. The van der Waals surface area contributed by atoms with E-state index in [0.29, 0.717) is 11.3 Å². The number of rotatable bonds is 7. The maximum Gasteiger partial charge on any atom is 0.471 e. The van der Waals surface area contributed by atoms with E-state index in [1.807, 2.05) is 37.3 Å². The van der Waals surface area contributed by atoms with E-state index < -0.39 is 12.1 Å². The quantitative estimate of drug-likeness (QED) is 0.741. The van der Waals surface area contributed by atoms with Crippen molar-refractivity contribution in [3.05, 3.63) is 65.7 Å². The average Bonchev–Trinajstić information content (AvgIpc) is 2.65. The van der Waals surface area contributed by atoms with Crippen molar-refractivity contribution in [3.63, 3.8) is 0 Å². The lowest BCUT2D eigenvalue weighted by Gasteiger charge is -2.22. The highest BCUT2D eigenvalue weighted by molar-refractivity contribution is 5.91. The van der Waals surface area contributed by atoms with Crippen LogP contribution in [0.2, 0.25) is 0 Å². The summed E-state index contributed by atoms with van der Waals surface area (Å²) in [7, 11) is 0. The number of nitrogens with one attached hydrogen (secondary N) is 1. The molecule has 0 bridgehead atoms. The molecule has 0 spiro atoms. The van der Waals surface area contributed by atoms with Crippen LogP contribution in [0.1, 0.15) is 37.3 Å². The summed E-state index contributed by atoms with van der Waals surface area (Å²) in [5.41, 5.74) is 2.04. The maximum atomic E-state index is 12.7. The molecular formula is C21H23F3N2O2. The van der Waals surface area contributed by atoms with E-state index in [9.17, 15) is 22.8 Å². The summed E-state index contributed by atoms with van der Waals surface area (Å²) >= 11 is 0. The van der Waals surface area contributed by atoms with Gasteiger partial charge in [-0.05, 0) is 36.1 Å². The van der Waals surface area contributed by atoms with Crippen molar-refractivity contribution in [3.8, 4) is 0 Å². The van der Waals surface area contributed by atoms with E-state index in [1.165, 1.54) is 6.92 Å². The summed E-state index contributed by atoms with van der Waals surface area (Å²) < 4.78 is 38.0. The second kappa shape index (κ2) is 9.39. The fraction of sp³-hybridized carbons (Fsp3) is 0.333. The molecule has 0 aliphatic carbocycles. The number of anilines is 1. The van der Waals surface area contributed by atoms with E-state index in [2.05, 4.69) is 5.32 Å². The van der Waals surface area contributed by atoms with Crippen molar-refractivity contribution in [2.45, 2.75) is 38.9 Å². The summed E-state index contributed by atoms with van der Waals surface area (Å²) in [6.07, 6.45) is -4.63. The highest BCUT2D eigenvalue weighted by Gasteiger charge is 2.41. The number of amides is 2. The Morgan fingerprint density at radius 3 is 2.36 bits per heavy atom. The van der Waals surface area contributed by atoms with E-state index >= 15 is 0 Å². The zero-order valence-corrected chi connectivity index (χ0v) is 15.8. The van der Waals surface area contributed by atoms with Crippen LogP contribution >= 0.6 is 0 Å². The number of nitrogens with zero attached hydrogens (tertiary/aromatic N) is 1. The fourth-order valence-corrected chi connectivity index (χ4v) is 2.86. The number of halogens is 3. The molecule has 0 aromatic heterocycles. The van der Waals surface area contributed by atoms with Crippen LogP contribution in [-0.2, 0) is 16.1 Å². The van der Waals surface area contributed by atoms with Crippen LogP contribution < -0.4 is 5.32 Å². The van der Waals surface area contributed by atoms with Crippen molar-refractivity contribution in [1.29, 1.82) is 0 Å². The summed E-state index contributed by atoms with van der Waals surface area (Å²) in [6.45, 7) is 3.19. The highest BCUT2D eigenvalue weighted by Crippen LogP contribution is 2.22. The molecule has 2 rings (SSSR count). The number of hydrogen-bond donors (Lipinski definition) is 1. The number of carbonyl (C=O) groups excluding carboxylic acids is 2. The minimum Gasteiger partial charge on any atom is -0.331 e. The van der Waals surface area contributed by atoms with Gasteiger partial charge >= 0.3 is 12.1 Å². The molecule has 4 nitrogen and oxygen atoms in total. The topological polar surface area (TPSA) is 49.4 Å². The number of hydrogen-bond acceptors (Lipinski definition) is 2. The smallest absolute Gasteiger partial charge is 0.331 e. The van der Waals surface area contributed by atoms with Gasteiger partial charge in [-0.3, -0.25) is 9.59 Å². The zero-order valence-electron chi connectivity index (χ0n) is 15.8. The van der Waals surface area contributed by atoms with Gasteiger partial charge in [0.1, 0.15) is 0 Å². The Morgan fingerprint density at radius 2 is 1.75 bits per heavy atom. The second-order valence-electron chi connectivity index (χ2n) is 6.58. The SMILES string of the molecule is CCN(Cc1cccc(NC(=O)C[C@H](C)c2ccccc2)c1)C(=O)C(F)(F)F. The average molecular weight is 392 g/mol. The van der Waals surface area contributed by atoms with Crippen molar-refractivity contribution in [2.75, 3.05) is 11.9 Å². The lowest BCUT2D eigenvalue weighted by Crippen LogP contribution is -2.40. The third-order valence-corrected chi connectivity index (χ3v) is 4.36. The van der Waals surface area contributed by atoms with E-state index in [4.69, 9.17) is 0 Å². The Hall–Kier alpha value is -2.83. The van der Waals surface area contributed by atoms with Gasteiger partial charge in [0.25, 0.3) is 0 Å². The molecule has 0 saturated heterocycles. The minimum absolute atomic E-state index is 0.0318. The summed E-state index contributed by atoms with van der Waals surface area (Å²) in [5, 5.41) is 2.77. The predicted molar refractivity (Wildman–Crippen MR) is 102 cm³/mol. The summed E-state index contributed by atoms with van der Waals surface area (Å²) in [6, 6.07) is 16.1. The summed E-state index contributed by atoms with van der Waals surface area (Å²) in [4.78, 5) is 24.5. The van der Waals surface area contributed by atoms with Gasteiger partial charge in [0.2, 0.25) is 5.91 Å². The molecule has 2 amide bonds. The van der Waals surface area contributed by atoms with Crippen molar-refractivity contribution in [2.24, 2.45) is 0 Å². The summed E-state index contributed by atoms with van der Waals surface area (Å²) in [5.74, 6) is -2.03. The predicted octanol–water partition coefficient (Wildman–Crippen LogP) is 4.73. The van der Waals surface area contributed by atoms with Crippen LogP contribution in [0.3, 0.4) is 0 Å². The molecule has 0 radical (unpaired) electrons. The molecule has 0 aliphatic rings. The monoisotopic (exact) mass is 392 g/mol. The Morgan fingerprint density at radius 1 is 1.07 bits per heavy atom. The van der Waals surface area contributed by atoms with Crippen molar-refractivity contribution >= 4 is 17.5 Å². The van der Waals surface area contributed by atoms with Crippen LogP contribution in [0, 0.1) is 0 Å². The number of alkyl halides is 3. The molecule has 28 heavy (non-hydrogen) atoms. The molecule has 0 fully saturated rings. The van der Waals surface area contributed by atoms with Crippen LogP contribution in [-0.4, -0.2) is 29.4 Å². The Labute approximate surface area is 162 Å². The highest BCUT2D eigenvalue weighted by atomic mass is 19.4. The van der Waals surface area contributed by atoms with Gasteiger partial charge in [-0.15, -0.1) is 0 Å². The van der Waals surface area contributed by atoms with Crippen molar-refractivity contribution < 1.29 is 22.8 Å². The third kappa shape index (κ3) is 6.11. The number of carbonyl (C=O) groups is 2. The van der Waals surface area contributed by atoms with Crippen LogP contribution in [0.15, 0.2) is 54.6 Å². The fourth-order valence-electron chi connectivity index (χ4n) is 2.86. The van der Waals surface area contributed by atoms with Gasteiger partial charge < -0.3 is 10.2 Å². The molecule has 1 N–H and O–H groups in total. The van der Waals surface area contributed by atoms with E-state index in [1.54, 1.807) is 24.3 Å². The molecule has 2 aromatic rings. The van der Waals surface area contributed by atoms with Gasteiger partial charge in [-0.2, -0.15) is 13.2 Å². The number of benzene rings is 2. The molecule has 0 unspecified atom stereocenters. The van der Waals surface area contributed by atoms with Crippen LogP contribution in [0.4, 0.5) is 18.9 Å². The first-order chi connectivity index (χ1) is 13.2. The largest absolute Gasteiger partial charge is 0.471 e. The Bertz CT molecular complexity index is 807. The lowest BCUT2D eigenvalue weighted by atomic mass is 9.97.